The van der Waals surface area contributed by atoms with Gasteiger partial charge in [-0.05, 0) is 43.7 Å². The molecular formula is C31H22BrF3IrN3-. The molecule has 2 aromatic heterocycles. The van der Waals surface area contributed by atoms with E-state index in [1.165, 1.54) is 24.2 Å². The van der Waals surface area contributed by atoms with E-state index in [-0.39, 0.29) is 31.6 Å². The van der Waals surface area contributed by atoms with E-state index in [9.17, 15) is 13.2 Å². The van der Waals surface area contributed by atoms with Crippen molar-refractivity contribution in [3.8, 4) is 44.9 Å². The fourth-order valence-electron chi connectivity index (χ4n) is 4.45. The van der Waals surface area contributed by atoms with E-state index in [0.29, 0.717) is 11.3 Å². The first-order valence-corrected chi connectivity index (χ1v) is 12.7. The van der Waals surface area contributed by atoms with E-state index in [0.717, 1.165) is 38.4 Å². The number of hydrogen-bond donors (Lipinski definition) is 0. The maximum atomic E-state index is 13.2. The largest absolute Gasteiger partial charge is 0.433 e. The summed E-state index contributed by atoms with van der Waals surface area (Å²) in [5.41, 5.74) is 7.80. The molecule has 0 N–H and O–H groups in total. The summed E-state index contributed by atoms with van der Waals surface area (Å²) in [4.78, 5) is 12.3. The van der Waals surface area contributed by atoms with Crippen LogP contribution in [0.15, 0.2) is 83.5 Å². The molecule has 0 atom stereocenters. The van der Waals surface area contributed by atoms with Crippen molar-refractivity contribution in [2.45, 2.75) is 26.9 Å². The van der Waals surface area contributed by atoms with Crippen LogP contribution in [-0.4, -0.2) is 15.0 Å². The van der Waals surface area contributed by atoms with Crippen molar-refractivity contribution < 1.29 is 33.3 Å². The summed E-state index contributed by atoms with van der Waals surface area (Å²) >= 11 is 3.73. The van der Waals surface area contributed by atoms with Gasteiger partial charge in [-0.15, -0.1) is 23.8 Å². The standard InChI is InChI=1S/C31H22BrF3N3.Ir/c1-18-12-19(2)14-23(13-18)24-6-4-5-7-25(24)26-10-8-21(16-27(26)32)28-11-9-22(17-36-28)30-37-20(3)15-29(38-30)31(33,34)35;/h4-7,9-17H,1-3H3;/q-1;. The molecule has 0 unspecified atom stereocenters. The van der Waals surface area contributed by atoms with E-state index in [1.807, 2.05) is 24.3 Å². The Balaban J connectivity index is 0.00000353. The number of nitrogens with zero attached hydrogens (tertiary/aromatic N) is 3. The summed E-state index contributed by atoms with van der Waals surface area (Å²) < 4.78 is 40.4. The van der Waals surface area contributed by atoms with Crippen molar-refractivity contribution in [2.24, 2.45) is 0 Å². The minimum atomic E-state index is -4.55. The molecule has 0 amide bonds. The second-order valence-corrected chi connectivity index (χ2v) is 10.0. The van der Waals surface area contributed by atoms with Gasteiger partial charge in [0.05, 0.1) is 0 Å². The molecule has 0 aliphatic rings. The minimum Gasteiger partial charge on any atom is -0.304 e. The molecule has 0 aliphatic carbocycles. The quantitative estimate of drug-likeness (QED) is 0.172. The predicted octanol–water partition coefficient (Wildman–Crippen LogP) is 9.04. The van der Waals surface area contributed by atoms with Gasteiger partial charge >= 0.3 is 6.18 Å². The Morgan fingerprint density at radius 1 is 0.769 bits per heavy atom. The number of hydrogen-bond acceptors (Lipinski definition) is 3. The summed E-state index contributed by atoms with van der Waals surface area (Å²) in [6.07, 6.45) is -3.06. The molecule has 0 bridgehead atoms. The average Bonchev–Trinajstić information content (AvgIpc) is 2.87. The van der Waals surface area contributed by atoms with Crippen molar-refractivity contribution >= 4 is 15.9 Å². The number of aromatic nitrogens is 3. The van der Waals surface area contributed by atoms with Crippen LogP contribution in [0.25, 0.3) is 44.9 Å². The number of aryl methyl sites for hydroxylation is 3. The second kappa shape index (κ2) is 11.5. The molecule has 5 aromatic rings. The molecule has 1 radical (unpaired) electrons. The zero-order valence-corrected chi connectivity index (χ0v) is 25.2. The Labute approximate surface area is 247 Å². The van der Waals surface area contributed by atoms with Crippen molar-refractivity contribution in [3.05, 3.63) is 112 Å². The van der Waals surface area contributed by atoms with Crippen molar-refractivity contribution in [1.82, 2.24) is 15.0 Å². The van der Waals surface area contributed by atoms with Crippen LogP contribution in [0, 0.1) is 26.8 Å². The smallest absolute Gasteiger partial charge is 0.304 e. The van der Waals surface area contributed by atoms with Gasteiger partial charge in [0.15, 0.2) is 5.82 Å². The molecule has 0 fully saturated rings. The topological polar surface area (TPSA) is 38.7 Å². The van der Waals surface area contributed by atoms with Crippen LogP contribution in [0.3, 0.4) is 0 Å². The molecule has 199 valence electrons. The summed E-state index contributed by atoms with van der Waals surface area (Å²) in [5, 5.41) is 0. The van der Waals surface area contributed by atoms with Gasteiger partial charge in [0.25, 0.3) is 0 Å². The van der Waals surface area contributed by atoms with Crippen LogP contribution in [0.1, 0.15) is 22.5 Å². The monoisotopic (exact) mass is 765 g/mol. The van der Waals surface area contributed by atoms with Crippen LogP contribution in [-0.2, 0) is 26.3 Å². The Hall–Kier alpha value is -3.19. The van der Waals surface area contributed by atoms with Crippen molar-refractivity contribution in [2.75, 3.05) is 0 Å². The maximum absolute atomic E-state index is 13.2. The van der Waals surface area contributed by atoms with Crippen LogP contribution in [0.4, 0.5) is 13.2 Å². The van der Waals surface area contributed by atoms with E-state index in [4.69, 9.17) is 0 Å². The number of benzene rings is 3. The fourth-order valence-corrected chi connectivity index (χ4v) is 5.00. The predicted molar refractivity (Wildman–Crippen MR) is 147 cm³/mol. The third kappa shape index (κ3) is 6.35. The van der Waals surface area contributed by atoms with Crippen molar-refractivity contribution in [3.63, 3.8) is 0 Å². The van der Waals surface area contributed by atoms with E-state index in [2.05, 4.69) is 81.1 Å². The van der Waals surface area contributed by atoms with Gasteiger partial charge in [0.2, 0.25) is 0 Å². The summed E-state index contributed by atoms with van der Waals surface area (Å²) in [6, 6.07) is 26.3. The van der Waals surface area contributed by atoms with Gasteiger partial charge < -0.3 is 4.98 Å². The molecule has 0 aliphatic heterocycles. The zero-order chi connectivity index (χ0) is 27.0. The molecular weight excluding hydrogens is 743 g/mol. The van der Waals surface area contributed by atoms with Gasteiger partial charge in [0.1, 0.15) is 5.69 Å². The first kappa shape index (κ1) is 28.8. The molecule has 2 heterocycles. The Kier molecular flexibility index (Phi) is 8.50. The third-order valence-corrected chi connectivity index (χ3v) is 6.75. The van der Waals surface area contributed by atoms with Crippen LogP contribution in [0.5, 0.6) is 0 Å². The number of halogens is 4. The van der Waals surface area contributed by atoms with E-state index >= 15 is 0 Å². The number of rotatable bonds is 4. The number of pyridine rings is 1. The average molecular weight is 766 g/mol. The zero-order valence-electron chi connectivity index (χ0n) is 21.2. The van der Waals surface area contributed by atoms with E-state index < -0.39 is 11.9 Å². The first-order valence-electron chi connectivity index (χ1n) is 11.9. The number of alkyl halides is 3. The normalized spacial score (nSPS) is 11.3. The molecule has 0 saturated heterocycles. The van der Waals surface area contributed by atoms with Crippen LogP contribution in [0.2, 0.25) is 0 Å². The van der Waals surface area contributed by atoms with Gasteiger partial charge in [0, 0.05) is 37.6 Å². The fraction of sp³-hybridized carbons (Fsp3) is 0.129. The molecule has 3 nitrogen and oxygen atoms in total. The van der Waals surface area contributed by atoms with Crippen LogP contribution < -0.4 is 0 Å². The minimum absolute atomic E-state index is 0. The second-order valence-electron chi connectivity index (χ2n) is 9.18. The van der Waals surface area contributed by atoms with Gasteiger partial charge in [-0.3, -0.25) is 0 Å². The van der Waals surface area contributed by atoms with Crippen molar-refractivity contribution in [1.29, 1.82) is 0 Å². The molecule has 3 aromatic carbocycles. The molecule has 0 saturated carbocycles. The molecule has 39 heavy (non-hydrogen) atoms. The molecule has 5 rings (SSSR count). The molecule has 0 spiro atoms. The summed E-state index contributed by atoms with van der Waals surface area (Å²) in [5.74, 6) is -0.0140. The molecule has 8 heteroatoms. The Morgan fingerprint density at radius 2 is 1.46 bits per heavy atom. The van der Waals surface area contributed by atoms with Gasteiger partial charge in [-0.1, -0.05) is 97.3 Å². The third-order valence-electron chi connectivity index (χ3n) is 6.09. The maximum Gasteiger partial charge on any atom is 0.433 e. The first-order chi connectivity index (χ1) is 18.1. The Morgan fingerprint density at radius 3 is 2.08 bits per heavy atom. The Bertz CT molecular complexity index is 1630. The van der Waals surface area contributed by atoms with Crippen LogP contribution >= 0.6 is 15.9 Å². The summed E-state index contributed by atoms with van der Waals surface area (Å²) in [6.45, 7) is 5.70. The summed E-state index contributed by atoms with van der Waals surface area (Å²) in [7, 11) is 0. The van der Waals surface area contributed by atoms with Gasteiger partial charge in [-0.25, -0.2) is 9.97 Å². The SMILES string of the molecule is Cc1cc(C)cc(-c2ccccc2-c2c[c-]c(-c3ccc(-c4nc(C)cc(C(F)(F)F)n4)cn3)cc2Br)c1.[Ir]. The van der Waals surface area contributed by atoms with E-state index in [1.54, 1.807) is 12.1 Å². The van der Waals surface area contributed by atoms with Gasteiger partial charge in [-0.2, -0.15) is 13.2 Å².